The summed E-state index contributed by atoms with van der Waals surface area (Å²) >= 11 is 0. The number of piperidine rings is 1. The molecule has 1 N–H and O–H groups in total. The molecule has 1 aromatic rings. The van der Waals surface area contributed by atoms with Gasteiger partial charge in [0.05, 0.1) is 5.92 Å². The lowest BCUT2D eigenvalue weighted by Crippen LogP contribution is -2.45. The normalized spacial score (nSPS) is 23.2. The molecule has 0 spiro atoms. The minimum atomic E-state index is 0.0431. The third-order valence-electron chi connectivity index (χ3n) is 5.02. The quantitative estimate of drug-likeness (QED) is 0.857. The zero-order valence-electron chi connectivity index (χ0n) is 14.7. The zero-order valence-corrected chi connectivity index (χ0v) is 14.7. The van der Waals surface area contributed by atoms with Crippen molar-refractivity contribution in [1.29, 1.82) is 0 Å². The van der Waals surface area contributed by atoms with Crippen LogP contribution in [0.15, 0.2) is 18.5 Å². The summed E-state index contributed by atoms with van der Waals surface area (Å²) in [5.74, 6) is 1.46. The predicted molar refractivity (Wildman–Crippen MR) is 94.8 cm³/mol. The summed E-state index contributed by atoms with van der Waals surface area (Å²) in [4.78, 5) is 25.8. The summed E-state index contributed by atoms with van der Waals surface area (Å²) in [6.45, 7) is 8.17. The van der Waals surface area contributed by atoms with E-state index in [0.717, 1.165) is 45.0 Å². The molecule has 0 saturated carbocycles. The maximum atomic E-state index is 12.5. The second-order valence-electron chi connectivity index (χ2n) is 7.19. The largest absolute Gasteiger partial charge is 0.355 e. The van der Waals surface area contributed by atoms with Crippen molar-refractivity contribution in [2.45, 2.75) is 32.6 Å². The van der Waals surface area contributed by atoms with Gasteiger partial charge in [0, 0.05) is 38.6 Å². The van der Waals surface area contributed by atoms with Gasteiger partial charge in [-0.05, 0) is 50.8 Å². The Bertz CT molecular complexity index is 517. The molecule has 2 atom stereocenters. The van der Waals surface area contributed by atoms with E-state index in [9.17, 15) is 4.79 Å². The molecule has 1 aromatic heterocycles. The smallest absolute Gasteiger partial charge is 0.225 e. The van der Waals surface area contributed by atoms with Crippen LogP contribution in [0.25, 0.3) is 0 Å². The molecule has 2 fully saturated rings. The number of carbonyl (C=O) groups excluding carboxylic acids is 1. The first kappa shape index (κ1) is 17.1. The first-order valence-electron chi connectivity index (χ1n) is 9.24. The summed E-state index contributed by atoms with van der Waals surface area (Å²) in [5.41, 5.74) is 0. The van der Waals surface area contributed by atoms with E-state index in [-0.39, 0.29) is 11.8 Å². The van der Waals surface area contributed by atoms with E-state index in [1.54, 1.807) is 12.4 Å². The number of likely N-dealkylation sites (tertiary alicyclic amines) is 1. The van der Waals surface area contributed by atoms with E-state index >= 15 is 0 Å². The highest BCUT2D eigenvalue weighted by Gasteiger charge is 2.27. The topological polar surface area (TPSA) is 61.4 Å². The molecule has 0 aromatic carbocycles. The van der Waals surface area contributed by atoms with E-state index in [0.29, 0.717) is 5.92 Å². The van der Waals surface area contributed by atoms with Crippen LogP contribution in [0.2, 0.25) is 0 Å². The van der Waals surface area contributed by atoms with Gasteiger partial charge < -0.3 is 15.1 Å². The lowest BCUT2D eigenvalue weighted by Gasteiger charge is -2.32. The summed E-state index contributed by atoms with van der Waals surface area (Å²) < 4.78 is 0. The standard InChI is InChI=1S/C18H29N5O/c1-15(13-22-9-2-3-10-22)12-21-17(24)16-6-4-11-23(14-16)18-19-7-5-8-20-18/h5,7-8,15-16H,2-4,6,9-14H2,1H3,(H,21,24). The lowest BCUT2D eigenvalue weighted by molar-refractivity contribution is -0.125. The number of aromatic nitrogens is 2. The number of carbonyl (C=O) groups is 1. The molecule has 24 heavy (non-hydrogen) atoms. The molecule has 0 aliphatic carbocycles. The molecular formula is C18H29N5O. The fraction of sp³-hybridized carbons (Fsp3) is 0.722. The predicted octanol–water partition coefficient (Wildman–Crippen LogP) is 1.54. The van der Waals surface area contributed by atoms with Gasteiger partial charge in [-0.1, -0.05) is 6.92 Å². The van der Waals surface area contributed by atoms with Crippen molar-refractivity contribution in [2.24, 2.45) is 11.8 Å². The maximum Gasteiger partial charge on any atom is 0.225 e. The molecule has 132 valence electrons. The van der Waals surface area contributed by atoms with Crippen molar-refractivity contribution in [2.75, 3.05) is 44.2 Å². The molecule has 0 radical (unpaired) electrons. The molecular weight excluding hydrogens is 302 g/mol. The van der Waals surface area contributed by atoms with Gasteiger partial charge in [0.15, 0.2) is 0 Å². The van der Waals surface area contributed by atoms with Gasteiger partial charge in [-0.3, -0.25) is 4.79 Å². The van der Waals surface area contributed by atoms with Gasteiger partial charge in [-0.25, -0.2) is 9.97 Å². The third kappa shape index (κ3) is 4.66. The minimum Gasteiger partial charge on any atom is -0.355 e. The molecule has 2 aliphatic rings. The Labute approximate surface area is 144 Å². The number of rotatable bonds is 6. The van der Waals surface area contributed by atoms with Crippen molar-refractivity contribution in [3.05, 3.63) is 18.5 Å². The Morgan fingerprint density at radius 1 is 1.25 bits per heavy atom. The first-order valence-corrected chi connectivity index (χ1v) is 9.24. The van der Waals surface area contributed by atoms with Crippen LogP contribution in [0, 0.1) is 11.8 Å². The fourth-order valence-electron chi connectivity index (χ4n) is 3.72. The van der Waals surface area contributed by atoms with Gasteiger partial charge >= 0.3 is 0 Å². The monoisotopic (exact) mass is 331 g/mol. The molecule has 2 unspecified atom stereocenters. The van der Waals surface area contributed by atoms with Crippen LogP contribution in [-0.2, 0) is 4.79 Å². The minimum absolute atomic E-state index is 0.0431. The molecule has 3 rings (SSSR count). The highest BCUT2D eigenvalue weighted by molar-refractivity contribution is 5.79. The molecule has 6 nitrogen and oxygen atoms in total. The Morgan fingerprint density at radius 2 is 2.00 bits per heavy atom. The number of nitrogens with zero attached hydrogens (tertiary/aromatic N) is 4. The fourth-order valence-corrected chi connectivity index (χ4v) is 3.72. The second kappa shape index (κ2) is 8.42. The van der Waals surface area contributed by atoms with Crippen molar-refractivity contribution >= 4 is 11.9 Å². The summed E-state index contributed by atoms with van der Waals surface area (Å²) in [6, 6.07) is 1.82. The van der Waals surface area contributed by atoms with Gasteiger partial charge in [0.1, 0.15) is 0 Å². The van der Waals surface area contributed by atoms with E-state index < -0.39 is 0 Å². The number of hydrogen-bond donors (Lipinski definition) is 1. The first-order chi connectivity index (χ1) is 11.7. The Hall–Kier alpha value is -1.69. The number of amides is 1. The average Bonchev–Trinajstić information content (AvgIpc) is 3.13. The van der Waals surface area contributed by atoms with E-state index in [1.165, 1.54) is 25.9 Å². The van der Waals surface area contributed by atoms with Gasteiger partial charge in [0.2, 0.25) is 11.9 Å². The van der Waals surface area contributed by atoms with E-state index in [4.69, 9.17) is 0 Å². The summed E-state index contributed by atoms with van der Waals surface area (Å²) in [7, 11) is 0. The third-order valence-corrected chi connectivity index (χ3v) is 5.02. The van der Waals surface area contributed by atoms with Crippen molar-refractivity contribution < 1.29 is 4.79 Å². The Balaban J connectivity index is 1.44. The summed E-state index contributed by atoms with van der Waals surface area (Å²) in [5, 5.41) is 3.17. The van der Waals surface area contributed by atoms with Crippen LogP contribution in [0.5, 0.6) is 0 Å². The zero-order chi connectivity index (χ0) is 16.8. The van der Waals surface area contributed by atoms with Crippen molar-refractivity contribution in [3.63, 3.8) is 0 Å². The Morgan fingerprint density at radius 3 is 2.75 bits per heavy atom. The highest BCUT2D eigenvalue weighted by atomic mass is 16.1. The van der Waals surface area contributed by atoms with Gasteiger partial charge in [-0.2, -0.15) is 0 Å². The van der Waals surface area contributed by atoms with Crippen molar-refractivity contribution in [3.8, 4) is 0 Å². The van der Waals surface area contributed by atoms with Crippen LogP contribution < -0.4 is 10.2 Å². The number of anilines is 1. The van der Waals surface area contributed by atoms with E-state index in [1.807, 2.05) is 6.07 Å². The molecule has 3 heterocycles. The number of nitrogens with one attached hydrogen (secondary N) is 1. The maximum absolute atomic E-state index is 12.5. The lowest BCUT2D eigenvalue weighted by atomic mass is 9.97. The summed E-state index contributed by atoms with van der Waals surface area (Å²) in [6.07, 6.45) is 8.12. The van der Waals surface area contributed by atoms with Crippen LogP contribution in [0.4, 0.5) is 5.95 Å². The number of hydrogen-bond acceptors (Lipinski definition) is 5. The van der Waals surface area contributed by atoms with Crippen LogP contribution >= 0.6 is 0 Å². The average molecular weight is 331 g/mol. The molecule has 2 saturated heterocycles. The van der Waals surface area contributed by atoms with Crippen LogP contribution in [-0.4, -0.2) is 60.0 Å². The van der Waals surface area contributed by atoms with Crippen LogP contribution in [0.3, 0.4) is 0 Å². The highest BCUT2D eigenvalue weighted by Crippen LogP contribution is 2.20. The van der Waals surface area contributed by atoms with Crippen LogP contribution in [0.1, 0.15) is 32.6 Å². The molecule has 1 amide bonds. The molecule has 2 aliphatic heterocycles. The van der Waals surface area contributed by atoms with Gasteiger partial charge in [-0.15, -0.1) is 0 Å². The Kier molecular flexibility index (Phi) is 6.01. The molecule has 6 heteroatoms. The van der Waals surface area contributed by atoms with Crippen molar-refractivity contribution in [1.82, 2.24) is 20.2 Å². The van der Waals surface area contributed by atoms with E-state index in [2.05, 4.69) is 32.0 Å². The SMILES string of the molecule is CC(CNC(=O)C1CCCN(c2ncccn2)C1)CN1CCCC1. The van der Waals surface area contributed by atoms with Gasteiger partial charge in [0.25, 0.3) is 0 Å². The molecule has 0 bridgehead atoms. The second-order valence-corrected chi connectivity index (χ2v) is 7.19.